The second kappa shape index (κ2) is 9.30. The maximum atomic E-state index is 12.5. The van der Waals surface area contributed by atoms with Crippen molar-refractivity contribution in [2.75, 3.05) is 5.32 Å². The summed E-state index contributed by atoms with van der Waals surface area (Å²) in [4.78, 5) is 0. The van der Waals surface area contributed by atoms with Gasteiger partial charge in [-0.15, -0.1) is 0 Å². The first-order valence-electron chi connectivity index (χ1n) is 7.13. The summed E-state index contributed by atoms with van der Waals surface area (Å²) >= 11 is 3.37. The van der Waals surface area contributed by atoms with Gasteiger partial charge in [0.15, 0.2) is 0 Å². The Morgan fingerprint density at radius 1 is 1.35 bits per heavy atom. The molecule has 124 valence electrons. The number of hydrogen-bond donors (Lipinski definition) is 2. The molecule has 0 spiro atoms. The maximum absolute atomic E-state index is 12.5. The van der Waals surface area contributed by atoms with Gasteiger partial charge in [0.1, 0.15) is 0 Å². The molecule has 0 amide bonds. The Hall–Kier alpha value is -1.88. The largest absolute Gasteiger partial charge is 0.399 e. The van der Waals surface area contributed by atoms with E-state index in [2.05, 4.69) is 34.4 Å². The highest BCUT2D eigenvalue weighted by atomic mass is 79.9. The monoisotopic (exact) mass is 382 g/mol. The van der Waals surface area contributed by atoms with Crippen LogP contribution in [0.1, 0.15) is 19.8 Å². The van der Waals surface area contributed by atoms with Gasteiger partial charge in [0, 0.05) is 28.0 Å². The fourth-order valence-electron chi connectivity index (χ4n) is 1.93. The van der Waals surface area contributed by atoms with Gasteiger partial charge in [0.2, 0.25) is 6.43 Å². The molecule has 0 bridgehead atoms. The second-order valence-corrected chi connectivity index (χ2v) is 6.00. The van der Waals surface area contributed by atoms with E-state index in [1.807, 2.05) is 24.3 Å². The summed E-state index contributed by atoms with van der Waals surface area (Å²) in [6.07, 6.45) is 0.951. The molecule has 1 rings (SSSR count). The molecule has 0 aromatic heterocycles. The maximum Gasteiger partial charge on any atom is 0.238 e. The van der Waals surface area contributed by atoms with Crippen LogP contribution in [-0.2, 0) is 0 Å². The van der Waals surface area contributed by atoms with E-state index in [0.717, 1.165) is 15.7 Å². The molecule has 0 aliphatic carbocycles. The number of hydrogen-bond acceptors (Lipinski definition) is 2. The second-order valence-electron chi connectivity index (χ2n) is 5.08. The number of halogens is 3. The number of nitrogens with one attached hydrogen (secondary N) is 1. The van der Waals surface area contributed by atoms with Crippen molar-refractivity contribution in [3.05, 3.63) is 76.6 Å². The molecule has 0 atom stereocenters. The summed E-state index contributed by atoms with van der Waals surface area (Å²) in [5.41, 5.74) is 9.22. The summed E-state index contributed by atoms with van der Waals surface area (Å²) < 4.78 is 25.9. The molecule has 0 aliphatic rings. The average Bonchev–Trinajstić information content (AvgIpc) is 2.52. The minimum absolute atomic E-state index is 0.192. The zero-order chi connectivity index (χ0) is 17.4. The Labute approximate surface area is 144 Å². The van der Waals surface area contributed by atoms with E-state index in [1.54, 1.807) is 13.0 Å². The first kappa shape index (κ1) is 19.2. The summed E-state index contributed by atoms with van der Waals surface area (Å²) in [6.45, 7) is 9.42. The Morgan fingerprint density at radius 3 is 2.48 bits per heavy atom. The SMILES string of the molecule is C=C/C(N)=C\C(C(=C)Nc1ccc(Br)cc1)=C(/C)CCC(F)F. The zero-order valence-electron chi connectivity index (χ0n) is 13.1. The smallest absolute Gasteiger partial charge is 0.238 e. The minimum atomic E-state index is -2.33. The number of allylic oxidation sites excluding steroid dienone is 3. The Bertz CT molecular complexity index is 616. The van der Waals surface area contributed by atoms with Crippen LogP contribution in [0, 0.1) is 0 Å². The van der Waals surface area contributed by atoms with Crippen molar-refractivity contribution in [1.82, 2.24) is 0 Å². The van der Waals surface area contributed by atoms with Gasteiger partial charge in [-0.1, -0.05) is 34.7 Å². The van der Waals surface area contributed by atoms with Crippen LogP contribution in [0.25, 0.3) is 0 Å². The van der Waals surface area contributed by atoms with Crippen LogP contribution in [0.5, 0.6) is 0 Å². The lowest BCUT2D eigenvalue weighted by atomic mass is 10.0. The van der Waals surface area contributed by atoms with Crippen LogP contribution < -0.4 is 11.1 Å². The quantitative estimate of drug-likeness (QED) is 0.560. The summed E-state index contributed by atoms with van der Waals surface area (Å²) in [5.74, 6) is 0. The predicted octanol–water partition coefficient (Wildman–Crippen LogP) is 5.77. The average molecular weight is 383 g/mol. The summed E-state index contributed by atoms with van der Waals surface area (Å²) in [6, 6.07) is 7.58. The summed E-state index contributed by atoms with van der Waals surface area (Å²) in [5, 5.41) is 3.17. The molecule has 0 saturated carbocycles. The highest BCUT2D eigenvalue weighted by Crippen LogP contribution is 2.24. The van der Waals surface area contributed by atoms with E-state index in [9.17, 15) is 8.78 Å². The third-order valence-electron chi connectivity index (χ3n) is 3.21. The van der Waals surface area contributed by atoms with Gasteiger partial charge in [-0.2, -0.15) is 0 Å². The molecule has 0 heterocycles. The highest BCUT2D eigenvalue weighted by molar-refractivity contribution is 9.10. The molecule has 1 aromatic rings. The molecule has 0 fully saturated rings. The van der Waals surface area contributed by atoms with E-state index in [0.29, 0.717) is 17.0 Å². The van der Waals surface area contributed by atoms with Crippen LogP contribution >= 0.6 is 15.9 Å². The van der Waals surface area contributed by atoms with Crippen molar-refractivity contribution in [3.63, 3.8) is 0 Å². The van der Waals surface area contributed by atoms with Crippen molar-refractivity contribution >= 4 is 21.6 Å². The molecule has 1 aromatic carbocycles. The molecule has 3 N–H and O–H groups in total. The van der Waals surface area contributed by atoms with Crippen LogP contribution in [0.2, 0.25) is 0 Å². The van der Waals surface area contributed by atoms with Crippen LogP contribution in [-0.4, -0.2) is 6.43 Å². The van der Waals surface area contributed by atoms with Crippen molar-refractivity contribution in [1.29, 1.82) is 0 Å². The zero-order valence-corrected chi connectivity index (χ0v) is 14.7. The van der Waals surface area contributed by atoms with Gasteiger partial charge in [0.05, 0.1) is 0 Å². The van der Waals surface area contributed by atoms with Crippen molar-refractivity contribution in [2.24, 2.45) is 5.73 Å². The minimum Gasteiger partial charge on any atom is -0.399 e. The predicted molar refractivity (Wildman–Crippen MR) is 97.3 cm³/mol. The Morgan fingerprint density at radius 2 is 1.96 bits per heavy atom. The van der Waals surface area contributed by atoms with Crippen molar-refractivity contribution < 1.29 is 8.78 Å². The number of benzene rings is 1. The third-order valence-corrected chi connectivity index (χ3v) is 3.74. The molecule has 0 saturated heterocycles. The molecule has 0 aliphatic heterocycles. The number of anilines is 1. The molecule has 23 heavy (non-hydrogen) atoms. The third kappa shape index (κ3) is 6.82. The lowest BCUT2D eigenvalue weighted by Crippen LogP contribution is -2.05. The van der Waals surface area contributed by atoms with Crippen molar-refractivity contribution in [3.8, 4) is 0 Å². The van der Waals surface area contributed by atoms with E-state index in [-0.39, 0.29) is 12.8 Å². The van der Waals surface area contributed by atoms with E-state index < -0.39 is 6.43 Å². The number of nitrogens with two attached hydrogens (primary N) is 1. The fourth-order valence-corrected chi connectivity index (χ4v) is 2.19. The lowest BCUT2D eigenvalue weighted by Gasteiger charge is -2.15. The van der Waals surface area contributed by atoms with E-state index >= 15 is 0 Å². The molecular weight excluding hydrogens is 362 g/mol. The molecule has 2 nitrogen and oxygen atoms in total. The van der Waals surface area contributed by atoms with Gasteiger partial charge < -0.3 is 11.1 Å². The highest BCUT2D eigenvalue weighted by Gasteiger charge is 2.09. The van der Waals surface area contributed by atoms with Crippen LogP contribution in [0.3, 0.4) is 0 Å². The van der Waals surface area contributed by atoms with Crippen molar-refractivity contribution in [2.45, 2.75) is 26.2 Å². The lowest BCUT2D eigenvalue weighted by molar-refractivity contribution is 0.138. The molecule has 5 heteroatoms. The Balaban J connectivity index is 3.02. The topological polar surface area (TPSA) is 38.0 Å². The van der Waals surface area contributed by atoms with Gasteiger partial charge in [-0.25, -0.2) is 8.78 Å². The van der Waals surface area contributed by atoms with Crippen LogP contribution in [0.4, 0.5) is 14.5 Å². The van der Waals surface area contributed by atoms with Crippen LogP contribution in [0.15, 0.2) is 76.6 Å². The number of alkyl halides is 2. The molecular formula is C18H21BrF2N2. The van der Waals surface area contributed by atoms with Gasteiger partial charge in [-0.05, 0) is 55.3 Å². The Kier molecular flexibility index (Phi) is 7.75. The first-order chi connectivity index (χ1) is 10.8. The standard InChI is InChI=1S/C18H21BrF2N2/c1-4-15(22)11-17(12(2)5-10-18(20)21)13(3)23-16-8-6-14(19)7-9-16/h4,6-9,11,18,23H,1,3,5,10,22H2,2H3/b15-11+,17-12-. The summed E-state index contributed by atoms with van der Waals surface area (Å²) in [7, 11) is 0. The fraction of sp³-hybridized carbons (Fsp3) is 0.222. The van der Waals surface area contributed by atoms with Gasteiger partial charge >= 0.3 is 0 Å². The molecule has 0 unspecified atom stereocenters. The van der Waals surface area contributed by atoms with E-state index in [4.69, 9.17) is 5.73 Å². The molecule has 0 radical (unpaired) electrons. The van der Waals surface area contributed by atoms with Gasteiger partial charge in [-0.3, -0.25) is 0 Å². The van der Waals surface area contributed by atoms with Gasteiger partial charge in [0.25, 0.3) is 0 Å². The normalized spacial score (nSPS) is 12.8. The van der Waals surface area contributed by atoms with E-state index in [1.165, 1.54) is 6.08 Å². The number of rotatable bonds is 8. The first-order valence-corrected chi connectivity index (χ1v) is 7.92.